The summed E-state index contributed by atoms with van der Waals surface area (Å²) >= 11 is -5.94. The number of esters is 8. The molecule has 0 amide bonds. The Balaban J connectivity index is -0.00000150. The van der Waals surface area contributed by atoms with E-state index in [0.717, 1.165) is 32.1 Å². The summed E-state index contributed by atoms with van der Waals surface area (Å²) < 4.78 is 165. The fourth-order valence-electron chi connectivity index (χ4n) is 13.5. The molecule has 2 radical (unpaired) electrons. The first-order chi connectivity index (χ1) is 65.2. The summed E-state index contributed by atoms with van der Waals surface area (Å²) in [5, 5.41) is 127. The van der Waals surface area contributed by atoms with Gasteiger partial charge in [-0.15, -0.1) is 0 Å². The number of aliphatic hydroxyl groups excluding tert-OH is 12. The molecule has 0 aromatic heterocycles. The van der Waals surface area contributed by atoms with Crippen LogP contribution in [0.2, 0.25) is 0 Å². The first-order valence-corrected chi connectivity index (χ1v) is 46.0. The molecular weight excluding hydrogens is 2260 g/mol. The average molecular weight is 2400 g/mol. The van der Waals surface area contributed by atoms with Crippen LogP contribution in [0.1, 0.15) is 110 Å². The van der Waals surface area contributed by atoms with E-state index in [1.165, 1.54) is 20.3 Å². The maximum Gasteiger partial charge on any atom is 1.00 e. The number of ether oxygens (including phenoxy) is 25. The number of carbonyl (C=O) groups is 9. The van der Waals surface area contributed by atoms with E-state index in [0.29, 0.717) is 52.5 Å². The van der Waals surface area contributed by atoms with Crippen LogP contribution in [-0.4, -0.2) is 422 Å². The number of methoxy groups -OCH3 is 5. The zero-order valence-corrected chi connectivity index (χ0v) is 89.6. The number of halogens is 1. The second-order valence-electron chi connectivity index (χ2n) is 32.7. The molecule has 0 aromatic rings. The van der Waals surface area contributed by atoms with Crippen molar-refractivity contribution in [1.82, 2.24) is 0 Å². The first kappa shape index (κ1) is 135. The number of allylic oxidation sites excluding steroid dienone is 1. The van der Waals surface area contributed by atoms with Crippen molar-refractivity contribution in [3.8, 4) is 0 Å². The van der Waals surface area contributed by atoms with E-state index in [4.69, 9.17) is 166 Å². The summed E-state index contributed by atoms with van der Waals surface area (Å²) in [4.78, 5) is 116. The molecule has 56 nitrogen and oxygen atoms in total. The minimum atomic E-state index is -5.94. The summed E-state index contributed by atoms with van der Waals surface area (Å²) in [7, 11) is 12.2. The van der Waals surface area contributed by atoms with Crippen molar-refractivity contribution in [2.24, 2.45) is 29.6 Å². The molecule has 14 aliphatic heterocycles. The minimum absolute atomic E-state index is 0. The Morgan fingerprint density at radius 2 is 1.06 bits per heavy atom. The predicted octanol–water partition coefficient (Wildman–Crippen LogP) is -14.0. The van der Waals surface area contributed by atoms with Gasteiger partial charge < -0.3 is 184 Å². The molecule has 0 aliphatic carbocycles. The number of hydrogen-bond donors (Lipinski definition) is 12. The van der Waals surface area contributed by atoms with Crippen LogP contribution in [0.3, 0.4) is 0 Å². The Hall–Kier alpha value is -5.50. The normalized spacial score (nSPS) is 31.5. The van der Waals surface area contributed by atoms with Gasteiger partial charge >= 0.3 is 77.3 Å². The van der Waals surface area contributed by atoms with Crippen LogP contribution in [0.5, 0.6) is 0 Å². The van der Waals surface area contributed by atoms with Gasteiger partial charge in [-0.2, -0.15) is 0 Å². The van der Waals surface area contributed by atoms with Crippen LogP contribution in [0.25, 0.3) is 0 Å². The number of cyclic esters (lactones) is 3. The minimum Gasteiger partial charge on any atom is -0.505 e. The van der Waals surface area contributed by atoms with Gasteiger partial charge in [-0.1, -0.05) is 6.58 Å². The van der Waals surface area contributed by atoms with Crippen molar-refractivity contribution in [3.05, 3.63) is 56.2 Å². The maximum absolute atomic E-state index is 11.4. The van der Waals surface area contributed by atoms with Gasteiger partial charge in [0.15, 0.2) is 97.9 Å². The molecule has 14 aliphatic rings. The number of carbonyl (C=O) groups excluding carboxylic acids is 9. The quantitative estimate of drug-likeness (QED) is 0.00584. The van der Waals surface area contributed by atoms with Gasteiger partial charge in [-0.25, -0.2) is 19.2 Å². The number of fused-ring (bicyclic) bond motifs is 3. The molecule has 14 rings (SSSR count). The standard InChI is InChI=1S/C11H19NO6.C10H16O4.C9H14O6.C8H14O5.2C7H10O4.C6H10O6.C6H8O6.2C6H10O3.C4H8O.CH3NO2.BH.IO4.Na.U.H2/c1-4-16-10(13)5-8(6-12(14)15)9-7-17-11(2,3)18-9;1-4-12-9(11)6-5-8-7-13-10(2,3)14-8;1-9(2)13-3-4(15-9)7-5(10)6(11)8(12)14-7;1-11-7(10)3-5-6(9)4-13-8(5)12-2;2*1-9-7-4-2-6(8)11-5(4)3-10-7;2*7-1-2(8)5-3(9)4(10)6(11)12-5;7-5-3-9-6-4(5)1-2-8-6;1-6(2)8-4-5(3-7)9-6;1-4(2)5-3;1-2(3)4;;2-1(3,4)5;;;/h8-9H,4-7H2,1-3H3;5-6,8H,4,7H2,1-3H3;4-7,10-11H,3H2,1-2H3;5-6,8-9H,3-4H2,1-2H3;2*4-5,7H,2-3H2,1H3;2-5,7-10H,1H2;2,5,7-10H,1H2;4-7H,1-3H2;3,5H,4H2,1-2H3;1H2,2-3H3;1H3;1H;;;;1H/q;;;;;;;;;;;;;-1;+1;;/b;6-5+;;;;;;;;;;;;;;;/t8-,9+;8-;4-,5?,6?,7?;5-,6+,8?;4-,5-,7?;4-,5-,7-;2-,3?,4?,5?;2-,5?;4-,5-,6+;5-;;;;;;;/m1101000011......./s1/i;;;;;;;;;;;;1D;;;;. The third-order valence-electron chi connectivity index (χ3n) is 20.2. The monoisotopic (exact) mass is 2400 g/mol. The van der Waals surface area contributed by atoms with Crippen LogP contribution >= 0.6 is 0 Å². The number of rotatable bonds is 21. The smallest absolute Gasteiger partial charge is 0.505 e. The molecule has 0 saturated carbocycles. The van der Waals surface area contributed by atoms with Crippen LogP contribution in [0, 0.1) is 80.9 Å². The van der Waals surface area contributed by atoms with E-state index >= 15 is 0 Å². The first-order valence-electron chi connectivity index (χ1n) is 43.1. The van der Waals surface area contributed by atoms with E-state index in [2.05, 4.69) is 33.9 Å². The number of nitro groups is 2. The van der Waals surface area contributed by atoms with Gasteiger partial charge in [0, 0.05) is 90.0 Å². The van der Waals surface area contributed by atoms with Crippen molar-refractivity contribution in [1.29, 1.82) is 1.34 Å². The number of nitrogens with zero attached hydrogens (tertiary/aromatic N) is 2. The van der Waals surface area contributed by atoms with Gasteiger partial charge in [-0.3, -0.25) is 53.2 Å². The maximum atomic E-state index is 11.4. The Morgan fingerprint density at radius 1 is 0.603 bits per heavy atom. The SMILES string of the molecule is C=C(C)OC.CC1(C)OC[C@@H](C2OC(=O)C(O)C2O)O1.CC1(C)OC[C@@H](C=O)O1.CCOC(=O)/C=C/[C@@H]1COC(C)(C)O1.CCOC(=O)C[C@H](C[N+](=O)[O-])[C@@H]1COC(C)(C)O1.COC(=O)C[C@H]1C(OC)OC[C@@H]1O.COC1OC[C@@H]2OC(=O)C[C@H]12.CO[C@H]1OC[C@@H]2OC(=O)C[C@H]12.C[N+](=O)[O-].O=C1OC([C@@H](O)CO)C(O)=C1O.O=C1OC([C@@H](O)CO)C(O)C1O.O[C@@H]1CO[C@@H]2OCC[C@@H]21.[2H][B].[HH].[Na+].[O-][I+3]([O-])([O-])[O-].[U]. The fraction of sp³-hybridized carbons (Fsp3) is 0.815. The third-order valence-corrected chi connectivity index (χ3v) is 20.2. The fourth-order valence-corrected chi connectivity index (χ4v) is 13.5. The van der Waals surface area contributed by atoms with Gasteiger partial charge in [0.25, 0.3) is 0 Å². The molecular formula is C81H135BIN2NaO54U. The molecule has 60 heteroatoms. The zero-order chi connectivity index (χ0) is 107. The molecule has 808 valence electrons. The average Bonchev–Trinajstić information content (AvgIpc) is 1.64. The van der Waals surface area contributed by atoms with Crippen LogP contribution in [-0.2, 0) is 162 Å². The van der Waals surface area contributed by atoms with Gasteiger partial charge in [0.1, 0.15) is 75.0 Å². The van der Waals surface area contributed by atoms with Crippen molar-refractivity contribution in [2.45, 2.75) is 260 Å². The topological polar surface area (TPSA) is 806 Å². The molecule has 26 atom stereocenters. The van der Waals surface area contributed by atoms with Crippen molar-refractivity contribution in [3.63, 3.8) is 0 Å². The van der Waals surface area contributed by atoms with Gasteiger partial charge in [0.2, 0.25) is 12.3 Å². The molecule has 13 fully saturated rings. The van der Waals surface area contributed by atoms with E-state index in [1.54, 1.807) is 89.7 Å². The third kappa shape index (κ3) is 50.8. The Kier molecular flexibility index (Phi) is 64.8. The zero-order valence-electron chi connectivity index (χ0n) is 82.2. The molecule has 0 bridgehead atoms. The summed E-state index contributed by atoms with van der Waals surface area (Å²) in [6, 6.07) is 0. The van der Waals surface area contributed by atoms with Crippen molar-refractivity contribution < 1.29 is 329 Å². The summed E-state index contributed by atoms with van der Waals surface area (Å²) in [6.07, 6.45) is -10.0. The van der Waals surface area contributed by atoms with Crippen LogP contribution in [0.4, 0.5) is 0 Å². The number of hydrogen-bond acceptors (Lipinski definition) is 54. The second kappa shape index (κ2) is 67.5. The largest absolute Gasteiger partial charge is 1.00 e. The molecule has 0 spiro atoms. The molecule has 12 N–H and O–H groups in total. The predicted molar refractivity (Wildman–Crippen MR) is 446 cm³/mol. The van der Waals surface area contributed by atoms with E-state index in [1.807, 2.05) is 13.8 Å². The van der Waals surface area contributed by atoms with Gasteiger partial charge in [-0.05, 0) is 90.0 Å². The van der Waals surface area contributed by atoms with Crippen molar-refractivity contribution >= 4 is 62.4 Å². The number of aldehydes is 1. The van der Waals surface area contributed by atoms with E-state index in [9.17, 15) is 73.7 Å². The van der Waals surface area contributed by atoms with E-state index in [-0.39, 0.29) is 205 Å². The summed E-state index contributed by atoms with van der Waals surface area (Å²) in [5.74, 6) is -8.23. The Morgan fingerprint density at radius 3 is 1.43 bits per heavy atom. The molecule has 9 unspecified atom stereocenters. The van der Waals surface area contributed by atoms with Crippen molar-refractivity contribution in [2.75, 3.05) is 135 Å². The van der Waals surface area contributed by atoms with Crippen LogP contribution in [0.15, 0.2) is 36.0 Å². The second-order valence-corrected chi connectivity index (χ2v) is 34.8. The number of aliphatic hydroxyl groups is 12. The van der Waals surface area contributed by atoms with E-state index < -0.39 is 187 Å². The molecule has 141 heavy (non-hydrogen) atoms. The van der Waals surface area contributed by atoms with Gasteiger partial charge in [0.05, 0.1) is 168 Å². The molecule has 13 saturated heterocycles. The molecule has 14 heterocycles. The Labute approximate surface area is 867 Å². The summed E-state index contributed by atoms with van der Waals surface area (Å²) in [6.45, 7) is 25.6. The van der Waals surface area contributed by atoms with Crippen LogP contribution < -0.4 is 63.4 Å². The summed E-state index contributed by atoms with van der Waals surface area (Å²) in [5.41, 5.74) is 0. The Bertz CT molecular complexity index is 3800. The molecule has 0 aromatic carbocycles.